The first-order chi connectivity index (χ1) is 16.1. The summed E-state index contributed by atoms with van der Waals surface area (Å²) >= 11 is 18.1. The molecule has 0 spiro atoms. The molecule has 1 N–H and O–H groups in total. The summed E-state index contributed by atoms with van der Waals surface area (Å²) in [6.07, 6.45) is 0. The van der Waals surface area contributed by atoms with Crippen LogP contribution in [0.3, 0.4) is 0 Å². The molecule has 0 heterocycles. The zero-order chi connectivity index (χ0) is 24.9. The van der Waals surface area contributed by atoms with Crippen molar-refractivity contribution in [2.75, 3.05) is 26.1 Å². The first-order valence-corrected chi connectivity index (χ1v) is 12.4. The van der Waals surface area contributed by atoms with E-state index in [1.807, 2.05) is 6.07 Å². The van der Waals surface area contributed by atoms with E-state index in [2.05, 4.69) is 5.32 Å². The Morgan fingerprint density at radius 1 is 0.912 bits per heavy atom. The topological polar surface area (TPSA) is 84.9 Å². The number of methoxy groups -OCH3 is 2. The summed E-state index contributed by atoms with van der Waals surface area (Å²) in [6.45, 7) is -0.569. The summed E-state index contributed by atoms with van der Waals surface area (Å²) < 4.78 is 38.9. The van der Waals surface area contributed by atoms with E-state index in [0.29, 0.717) is 11.3 Å². The largest absolute Gasteiger partial charge is 0.497 e. The number of nitrogens with one attached hydrogen (secondary N) is 1. The van der Waals surface area contributed by atoms with Gasteiger partial charge in [0, 0.05) is 12.6 Å². The highest BCUT2D eigenvalue weighted by molar-refractivity contribution is 7.89. The lowest BCUT2D eigenvalue weighted by molar-refractivity contribution is -0.116. The number of benzene rings is 3. The fraction of sp³-hybridized carbons (Fsp3) is 0.174. The molecule has 0 atom stereocenters. The lowest BCUT2D eigenvalue weighted by atomic mass is 10.2. The number of nitrogens with zero attached hydrogens (tertiary/aromatic N) is 1. The first-order valence-electron chi connectivity index (χ1n) is 9.86. The van der Waals surface area contributed by atoms with E-state index in [4.69, 9.17) is 44.3 Å². The molecule has 1 amide bonds. The normalized spacial score (nSPS) is 11.4. The number of sulfonamides is 1. The average Bonchev–Trinajstić information content (AvgIpc) is 2.82. The van der Waals surface area contributed by atoms with Gasteiger partial charge in [-0.3, -0.25) is 4.79 Å². The van der Waals surface area contributed by atoms with Gasteiger partial charge in [-0.1, -0.05) is 65.1 Å². The zero-order valence-electron chi connectivity index (χ0n) is 18.2. The molecular formula is C23H21Cl3N2O5S. The van der Waals surface area contributed by atoms with Gasteiger partial charge in [-0.15, -0.1) is 0 Å². The van der Waals surface area contributed by atoms with Crippen LogP contribution in [0.1, 0.15) is 5.56 Å². The maximum Gasteiger partial charge on any atom is 0.247 e. The fourth-order valence-electron chi connectivity index (χ4n) is 3.11. The summed E-state index contributed by atoms with van der Waals surface area (Å²) in [4.78, 5) is 12.8. The van der Waals surface area contributed by atoms with Gasteiger partial charge in [-0.2, -0.15) is 4.31 Å². The predicted molar refractivity (Wildman–Crippen MR) is 134 cm³/mol. The summed E-state index contributed by atoms with van der Waals surface area (Å²) in [5, 5.41) is 3.17. The van der Waals surface area contributed by atoms with Crippen LogP contribution in [0, 0.1) is 0 Å². The third-order valence-corrected chi connectivity index (χ3v) is 7.64. The van der Waals surface area contributed by atoms with Gasteiger partial charge < -0.3 is 14.8 Å². The molecule has 0 saturated heterocycles. The summed E-state index contributed by atoms with van der Waals surface area (Å²) in [7, 11) is -1.41. The first kappa shape index (κ1) is 26.1. The highest BCUT2D eigenvalue weighted by atomic mass is 35.5. The van der Waals surface area contributed by atoms with Crippen LogP contribution in [-0.2, 0) is 21.4 Å². The summed E-state index contributed by atoms with van der Waals surface area (Å²) in [6, 6.07) is 16.1. The molecule has 0 aliphatic carbocycles. The van der Waals surface area contributed by atoms with Crippen LogP contribution in [0.15, 0.2) is 65.6 Å². The average molecular weight is 544 g/mol. The Morgan fingerprint density at radius 3 is 2.24 bits per heavy atom. The number of carbonyl (C=O) groups excluding carboxylic acids is 1. The molecule has 0 aromatic heterocycles. The minimum atomic E-state index is -4.20. The number of amides is 1. The minimum absolute atomic E-state index is 0.0634. The van der Waals surface area contributed by atoms with Gasteiger partial charge >= 0.3 is 0 Å². The Balaban J connectivity index is 1.97. The molecule has 0 bridgehead atoms. The van der Waals surface area contributed by atoms with Crippen molar-refractivity contribution in [3.63, 3.8) is 0 Å². The zero-order valence-corrected chi connectivity index (χ0v) is 21.3. The molecule has 3 aromatic carbocycles. The lowest BCUT2D eigenvalue weighted by Crippen LogP contribution is -2.37. The number of carbonyl (C=O) groups is 1. The van der Waals surface area contributed by atoms with Gasteiger partial charge in [0.25, 0.3) is 0 Å². The highest BCUT2D eigenvalue weighted by Crippen LogP contribution is 2.33. The van der Waals surface area contributed by atoms with Crippen LogP contribution in [0.5, 0.6) is 11.5 Å². The molecule has 7 nitrogen and oxygen atoms in total. The smallest absolute Gasteiger partial charge is 0.247 e. The van der Waals surface area contributed by atoms with E-state index < -0.39 is 22.5 Å². The number of hydrogen-bond donors (Lipinski definition) is 1. The van der Waals surface area contributed by atoms with Crippen molar-refractivity contribution >= 4 is 56.4 Å². The van der Waals surface area contributed by atoms with E-state index in [1.54, 1.807) is 30.3 Å². The van der Waals surface area contributed by atoms with Crippen molar-refractivity contribution in [3.05, 3.63) is 81.3 Å². The molecule has 0 unspecified atom stereocenters. The Kier molecular flexibility index (Phi) is 8.67. The minimum Gasteiger partial charge on any atom is -0.497 e. The van der Waals surface area contributed by atoms with E-state index in [9.17, 15) is 13.2 Å². The number of halogens is 3. The van der Waals surface area contributed by atoms with Crippen LogP contribution in [0.25, 0.3) is 0 Å². The standard InChI is InChI=1S/C23H21Cl3N2O5S/c1-32-16-8-9-21(33-2)22(10-16)34(30,31)28(13-15-6-4-3-5-7-15)14-23(29)27-20-12-18(25)17(24)11-19(20)26/h3-12H,13-14H2,1-2H3,(H,27,29). The molecule has 3 rings (SSSR count). The van der Waals surface area contributed by atoms with Crippen LogP contribution in [0.2, 0.25) is 15.1 Å². The van der Waals surface area contributed by atoms with Crippen LogP contribution < -0.4 is 14.8 Å². The number of ether oxygens (including phenoxy) is 2. The van der Waals surface area contributed by atoms with Gasteiger partial charge in [0.15, 0.2) is 0 Å². The lowest BCUT2D eigenvalue weighted by Gasteiger charge is -2.23. The number of anilines is 1. The second-order valence-corrected chi connectivity index (χ2v) is 10.2. The van der Waals surface area contributed by atoms with Gasteiger partial charge in [0.1, 0.15) is 16.4 Å². The molecule has 3 aromatic rings. The third kappa shape index (κ3) is 6.14. The Hall–Kier alpha value is -2.49. The van der Waals surface area contributed by atoms with E-state index in [1.165, 1.54) is 38.5 Å². The van der Waals surface area contributed by atoms with Crippen LogP contribution in [-0.4, -0.2) is 39.4 Å². The maximum absolute atomic E-state index is 13.7. The van der Waals surface area contributed by atoms with E-state index in [0.717, 1.165) is 4.31 Å². The quantitative estimate of drug-likeness (QED) is 0.361. The molecule has 0 aliphatic rings. The number of hydrogen-bond acceptors (Lipinski definition) is 5. The van der Waals surface area contributed by atoms with Gasteiger partial charge in [-0.05, 0) is 29.8 Å². The molecule has 0 saturated carbocycles. The van der Waals surface area contributed by atoms with Crippen molar-refractivity contribution in [2.45, 2.75) is 11.4 Å². The van der Waals surface area contributed by atoms with Gasteiger partial charge in [0.05, 0.1) is 41.5 Å². The van der Waals surface area contributed by atoms with Gasteiger partial charge in [-0.25, -0.2) is 8.42 Å². The van der Waals surface area contributed by atoms with E-state index >= 15 is 0 Å². The third-order valence-electron chi connectivity index (χ3n) is 4.79. The molecule has 34 heavy (non-hydrogen) atoms. The molecule has 0 aliphatic heterocycles. The molecular weight excluding hydrogens is 523 g/mol. The van der Waals surface area contributed by atoms with Gasteiger partial charge in [0.2, 0.25) is 15.9 Å². The van der Waals surface area contributed by atoms with Crippen molar-refractivity contribution in [1.82, 2.24) is 4.31 Å². The van der Waals surface area contributed by atoms with Crippen molar-refractivity contribution < 1.29 is 22.7 Å². The maximum atomic E-state index is 13.7. The monoisotopic (exact) mass is 542 g/mol. The predicted octanol–water partition coefficient (Wildman–Crippen LogP) is 5.49. The Labute approximate surface area is 213 Å². The Bertz CT molecular complexity index is 1290. The molecule has 11 heteroatoms. The van der Waals surface area contributed by atoms with Crippen LogP contribution >= 0.6 is 34.8 Å². The number of rotatable bonds is 9. The summed E-state index contributed by atoms with van der Waals surface area (Å²) in [5.74, 6) is -0.181. The second kappa shape index (κ2) is 11.3. The SMILES string of the molecule is COc1ccc(OC)c(S(=O)(=O)N(CC(=O)Nc2cc(Cl)c(Cl)cc2Cl)Cc2ccccc2)c1. The van der Waals surface area contributed by atoms with E-state index in [-0.39, 0.29) is 37.9 Å². The highest BCUT2D eigenvalue weighted by Gasteiger charge is 2.30. The van der Waals surface area contributed by atoms with Crippen molar-refractivity contribution in [3.8, 4) is 11.5 Å². The van der Waals surface area contributed by atoms with Crippen molar-refractivity contribution in [1.29, 1.82) is 0 Å². The molecule has 0 radical (unpaired) electrons. The molecule has 0 fully saturated rings. The van der Waals surface area contributed by atoms with Crippen molar-refractivity contribution in [2.24, 2.45) is 0 Å². The van der Waals surface area contributed by atoms with Crippen LogP contribution in [0.4, 0.5) is 5.69 Å². The fourth-order valence-corrected chi connectivity index (χ4v) is 5.26. The summed E-state index contributed by atoms with van der Waals surface area (Å²) in [5.41, 5.74) is 0.894. The molecule has 180 valence electrons. The second-order valence-electron chi connectivity index (χ2n) is 7.07. The Morgan fingerprint density at radius 2 is 1.59 bits per heavy atom.